The van der Waals surface area contributed by atoms with E-state index >= 15 is 0 Å². The van der Waals surface area contributed by atoms with Gasteiger partial charge in [-0.05, 0) is 75.7 Å². The van der Waals surface area contributed by atoms with E-state index in [9.17, 15) is 14.4 Å². The van der Waals surface area contributed by atoms with Crippen molar-refractivity contribution in [1.29, 1.82) is 5.41 Å². The van der Waals surface area contributed by atoms with Crippen molar-refractivity contribution in [2.45, 2.75) is 109 Å². The third-order valence-corrected chi connectivity index (χ3v) is 9.06. The van der Waals surface area contributed by atoms with Crippen molar-refractivity contribution in [3.63, 3.8) is 0 Å². The number of ether oxygens (including phenoxy) is 1. The highest BCUT2D eigenvalue weighted by molar-refractivity contribution is 5.95. The number of benzene rings is 1. The van der Waals surface area contributed by atoms with E-state index in [-0.39, 0.29) is 48.0 Å². The molecule has 2 aliphatic carbocycles. The quantitative estimate of drug-likeness (QED) is 0.0713. The average molecular weight is 612 g/mol. The zero-order chi connectivity index (χ0) is 31.9. The minimum absolute atomic E-state index is 0.000678. The number of aliphatic imine (C=N–C) groups is 1. The molecular formula is C33H53N7O4. The maximum absolute atomic E-state index is 14.1. The van der Waals surface area contributed by atoms with Gasteiger partial charge >= 0.3 is 5.97 Å². The first kappa shape index (κ1) is 34.9. The number of hydrogen-bond acceptors (Lipinski definition) is 6. The molecule has 0 heterocycles. The zero-order valence-corrected chi connectivity index (χ0v) is 26.3. The molecule has 44 heavy (non-hydrogen) atoms. The highest BCUT2D eigenvalue weighted by Gasteiger charge is 2.37. The van der Waals surface area contributed by atoms with Gasteiger partial charge in [-0.25, -0.2) is 4.79 Å². The predicted molar refractivity (Wildman–Crippen MR) is 173 cm³/mol. The van der Waals surface area contributed by atoms with Crippen molar-refractivity contribution in [2.75, 3.05) is 13.2 Å². The number of esters is 1. The molecule has 2 fully saturated rings. The van der Waals surface area contributed by atoms with Crippen LogP contribution in [-0.4, -0.2) is 54.8 Å². The molecule has 9 N–H and O–H groups in total. The lowest BCUT2D eigenvalue weighted by Crippen LogP contribution is -2.56. The van der Waals surface area contributed by atoms with Gasteiger partial charge in [0, 0.05) is 18.0 Å². The van der Waals surface area contributed by atoms with Crippen LogP contribution in [0, 0.1) is 23.2 Å². The van der Waals surface area contributed by atoms with Crippen LogP contribution >= 0.6 is 0 Å². The Bertz CT molecular complexity index is 1110. The van der Waals surface area contributed by atoms with Crippen LogP contribution in [0.15, 0.2) is 29.3 Å². The molecule has 11 nitrogen and oxygen atoms in total. The van der Waals surface area contributed by atoms with Crippen molar-refractivity contribution in [1.82, 2.24) is 10.6 Å². The summed E-state index contributed by atoms with van der Waals surface area (Å²) in [7, 11) is 0. The standard InChI is InChI=1S/C33H53N7O4/c1-2-44-32(43)27(15-9-10-20-38-33(36)37)39-31(42)28(24-13-7-4-8-14-24)40-30(41)26(23-11-5-3-6-12-23)21-22-16-18-25(19-17-22)29(34)35/h16-19,23-24,26-28H,2-15,20-21H2,1H3,(H3,34,35)(H,39,42)(H,40,41)(H4,36,37,38). The SMILES string of the molecule is CCOC(=O)C(CCCCN=C(N)N)NC(=O)C(NC(=O)C(Cc1ccc(C(=N)N)cc1)C1CCCCC1)C1CCCCC1. The van der Waals surface area contributed by atoms with Gasteiger partial charge in [-0.15, -0.1) is 0 Å². The Kier molecular flexibility index (Phi) is 14.5. The van der Waals surface area contributed by atoms with E-state index in [2.05, 4.69) is 15.6 Å². The number of nitrogen functional groups attached to an aromatic ring is 1. The number of nitrogens with one attached hydrogen (secondary N) is 3. The minimum Gasteiger partial charge on any atom is -0.464 e. The Morgan fingerprint density at radius 1 is 0.886 bits per heavy atom. The molecule has 0 aromatic heterocycles. The van der Waals surface area contributed by atoms with E-state index in [0.717, 1.165) is 63.4 Å². The number of amides is 2. The molecule has 0 saturated heterocycles. The van der Waals surface area contributed by atoms with E-state index in [1.807, 2.05) is 24.3 Å². The monoisotopic (exact) mass is 611 g/mol. The van der Waals surface area contributed by atoms with Gasteiger partial charge in [0.2, 0.25) is 11.8 Å². The van der Waals surface area contributed by atoms with Gasteiger partial charge in [0.1, 0.15) is 17.9 Å². The first-order valence-electron chi connectivity index (χ1n) is 16.5. The van der Waals surface area contributed by atoms with Gasteiger partial charge in [0.25, 0.3) is 0 Å². The number of guanidine groups is 1. The number of carbonyl (C=O) groups is 3. The second-order valence-electron chi connectivity index (χ2n) is 12.3. The maximum Gasteiger partial charge on any atom is 0.328 e. The molecule has 0 radical (unpaired) electrons. The number of amidine groups is 1. The maximum atomic E-state index is 14.1. The van der Waals surface area contributed by atoms with Gasteiger partial charge in [-0.3, -0.25) is 20.0 Å². The summed E-state index contributed by atoms with van der Waals surface area (Å²) in [6, 6.07) is 5.95. The van der Waals surface area contributed by atoms with Gasteiger partial charge in [-0.1, -0.05) is 62.8 Å². The third-order valence-electron chi connectivity index (χ3n) is 9.06. The molecule has 2 amide bonds. The van der Waals surface area contributed by atoms with Crippen molar-refractivity contribution < 1.29 is 19.1 Å². The first-order valence-corrected chi connectivity index (χ1v) is 16.5. The molecular weight excluding hydrogens is 558 g/mol. The topological polar surface area (TPSA) is 199 Å². The molecule has 0 aliphatic heterocycles. The van der Waals surface area contributed by atoms with Gasteiger partial charge in [0.05, 0.1) is 6.61 Å². The normalized spacial score (nSPS) is 17.9. The number of nitrogens with zero attached hydrogens (tertiary/aromatic N) is 1. The van der Waals surface area contributed by atoms with Crippen LogP contribution in [0.3, 0.4) is 0 Å². The summed E-state index contributed by atoms with van der Waals surface area (Å²) in [6.45, 7) is 2.38. The summed E-state index contributed by atoms with van der Waals surface area (Å²) in [6.07, 6.45) is 12.3. The number of unbranched alkanes of at least 4 members (excludes halogenated alkanes) is 1. The predicted octanol–water partition coefficient (Wildman–Crippen LogP) is 3.27. The summed E-state index contributed by atoms with van der Waals surface area (Å²) >= 11 is 0. The fourth-order valence-corrected chi connectivity index (χ4v) is 6.63. The summed E-state index contributed by atoms with van der Waals surface area (Å²) in [4.78, 5) is 44.9. The third kappa shape index (κ3) is 11.1. The minimum atomic E-state index is -0.821. The second kappa shape index (κ2) is 18.2. The van der Waals surface area contributed by atoms with Crippen LogP contribution in [0.1, 0.15) is 102 Å². The lowest BCUT2D eigenvalue weighted by molar-refractivity contribution is -0.148. The zero-order valence-electron chi connectivity index (χ0n) is 26.3. The number of hydrogen-bond donors (Lipinski definition) is 6. The Morgan fingerprint density at radius 3 is 2.07 bits per heavy atom. The van der Waals surface area contributed by atoms with Crippen LogP contribution in [0.25, 0.3) is 0 Å². The fraction of sp³-hybridized carbons (Fsp3) is 0.667. The lowest BCUT2D eigenvalue weighted by atomic mass is 9.76. The van der Waals surface area contributed by atoms with E-state index < -0.39 is 18.1 Å². The smallest absolute Gasteiger partial charge is 0.328 e. The van der Waals surface area contributed by atoms with Gasteiger partial charge < -0.3 is 32.6 Å². The highest BCUT2D eigenvalue weighted by atomic mass is 16.5. The number of nitrogens with two attached hydrogens (primary N) is 3. The molecule has 11 heteroatoms. The highest BCUT2D eigenvalue weighted by Crippen LogP contribution is 2.33. The fourth-order valence-electron chi connectivity index (χ4n) is 6.63. The molecule has 3 rings (SSSR count). The Hall–Kier alpha value is -3.63. The summed E-state index contributed by atoms with van der Waals surface area (Å²) in [5, 5.41) is 13.8. The second-order valence-corrected chi connectivity index (χ2v) is 12.3. The van der Waals surface area contributed by atoms with Crippen LogP contribution in [0.4, 0.5) is 0 Å². The largest absolute Gasteiger partial charge is 0.464 e. The lowest BCUT2D eigenvalue weighted by Gasteiger charge is -2.34. The molecule has 244 valence electrons. The van der Waals surface area contributed by atoms with Crippen molar-refractivity contribution in [3.8, 4) is 0 Å². The van der Waals surface area contributed by atoms with Crippen LogP contribution in [0.2, 0.25) is 0 Å². The van der Waals surface area contributed by atoms with Gasteiger partial charge in [0.15, 0.2) is 5.96 Å². The first-order chi connectivity index (χ1) is 21.2. The molecule has 3 atom stereocenters. The number of rotatable bonds is 16. The van der Waals surface area contributed by atoms with E-state index in [1.165, 1.54) is 6.42 Å². The van der Waals surface area contributed by atoms with E-state index in [0.29, 0.717) is 37.8 Å². The average Bonchev–Trinajstić information content (AvgIpc) is 3.02. The van der Waals surface area contributed by atoms with Crippen LogP contribution in [0.5, 0.6) is 0 Å². The van der Waals surface area contributed by atoms with Crippen LogP contribution in [-0.2, 0) is 25.5 Å². The molecule has 1 aromatic rings. The Morgan fingerprint density at radius 2 is 1.50 bits per heavy atom. The van der Waals surface area contributed by atoms with Crippen molar-refractivity contribution in [3.05, 3.63) is 35.4 Å². The van der Waals surface area contributed by atoms with Crippen molar-refractivity contribution in [2.24, 2.45) is 39.9 Å². The van der Waals surface area contributed by atoms with E-state index in [4.69, 9.17) is 27.3 Å². The Labute approximate surface area is 262 Å². The molecule has 2 aliphatic rings. The van der Waals surface area contributed by atoms with E-state index in [1.54, 1.807) is 6.92 Å². The summed E-state index contributed by atoms with van der Waals surface area (Å²) in [5.74, 6) is -0.952. The van der Waals surface area contributed by atoms with Gasteiger partial charge in [-0.2, -0.15) is 0 Å². The van der Waals surface area contributed by atoms with Crippen molar-refractivity contribution >= 4 is 29.6 Å². The summed E-state index contributed by atoms with van der Waals surface area (Å²) in [5.41, 5.74) is 18.1. The van der Waals surface area contributed by atoms with Crippen LogP contribution < -0.4 is 27.8 Å². The molecule has 3 unspecified atom stereocenters. The Balaban J connectivity index is 1.78. The molecule has 0 bridgehead atoms. The number of carbonyl (C=O) groups excluding carboxylic acids is 3. The molecule has 0 spiro atoms. The molecule has 2 saturated carbocycles. The summed E-state index contributed by atoms with van der Waals surface area (Å²) < 4.78 is 5.28. The molecule has 1 aromatic carbocycles.